The highest BCUT2D eigenvalue weighted by atomic mass is 16.1. The number of anilines is 1. The summed E-state index contributed by atoms with van der Waals surface area (Å²) >= 11 is 0. The van der Waals surface area contributed by atoms with Gasteiger partial charge in [0, 0.05) is 5.70 Å². The Morgan fingerprint density at radius 2 is 2.10 bits per heavy atom. The third-order valence-corrected chi connectivity index (χ3v) is 2.70. The molecule has 2 aromatic rings. The van der Waals surface area contributed by atoms with Gasteiger partial charge in [0.15, 0.2) is 11.2 Å². The Hall–Kier alpha value is -2.70. The third-order valence-electron chi connectivity index (χ3n) is 2.70. The number of nitrogens with one attached hydrogen (secondary N) is 2. The lowest BCUT2D eigenvalue weighted by atomic mass is 10.3. The summed E-state index contributed by atoms with van der Waals surface area (Å²) in [6.07, 6.45) is 5.58. The van der Waals surface area contributed by atoms with E-state index in [9.17, 15) is 4.79 Å². The molecule has 4 N–H and O–H groups in total. The number of nitrogen functional groups attached to an aromatic ring is 1. The SMILES string of the molecule is CC(C)=C/C=C(\C)NCc1cnc2nc(N)[nH]c(=O)c2n1. The van der Waals surface area contributed by atoms with Gasteiger partial charge in [-0.05, 0) is 26.8 Å². The van der Waals surface area contributed by atoms with Crippen molar-refractivity contribution in [2.24, 2.45) is 0 Å². The van der Waals surface area contributed by atoms with E-state index in [1.54, 1.807) is 6.20 Å². The van der Waals surface area contributed by atoms with E-state index in [0.717, 1.165) is 5.70 Å². The molecular formula is C14H18N6O. The number of fused-ring (bicyclic) bond motifs is 1. The number of hydrogen-bond donors (Lipinski definition) is 3. The summed E-state index contributed by atoms with van der Waals surface area (Å²) in [5.41, 5.74) is 8.39. The highest BCUT2D eigenvalue weighted by Gasteiger charge is 2.06. The number of aromatic amines is 1. The number of nitrogens with two attached hydrogens (primary N) is 1. The number of H-pyrrole nitrogens is 1. The maximum Gasteiger partial charge on any atom is 0.280 e. The molecule has 0 fully saturated rings. The van der Waals surface area contributed by atoms with E-state index < -0.39 is 0 Å². The zero-order valence-corrected chi connectivity index (χ0v) is 12.3. The molecule has 0 amide bonds. The van der Waals surface area contributed by atoms with Crippen molar-refractivity contribution in [1.29, 1.82) is 0 Å². The van der Waals surface area contributed by atoms with Crippen LogP contribution in [0.25, 0.3) is 11.2 Å². The molecule has 0 saturated heterocycles. The van der Waals surface area contributed by atoms with Gasteiger partial charge in [-0.1, -0.05) is 11.6 Å². The van der Waals surface area contributed by atoms with Crippen molar-refractivity contribution < 1.29 is 0 Å². The number of hydrogen-bond acceptors (Lipinski definition) is 6. The van der Waals surface area contributed by atoms with Crippen LogP contribution in [0.1, 0.15) is 26.5 Å². The minimum Gasteiger partial charge on any atom is -0.383 e. The fraction of sp³-hybridized carbons (Fsp3) is 0.286. The number of allylic oxidation sites excluding steroid dienone is 4. The van der Waals surface area contributed by atoms with E-state index in [4.69, 9.17) is 5.73 Å². The lowest BCUT2D eigenvalue weighted by Gasteiger charge is -2.06. The van der Waals surface area contributed by atoms with Crippen LogP contribution < -0.4 is 16.6 Å². The summed E-state index contributed by atoms with van der Waals surface area (Å²) in [5, 5.41) is 3.21. The predicted octanol–water partition coefficient (Wildman–Crippen LogP) is 1.25. The molecular weight excluding hydrogens is 268 g/mol. The van der Waals surface area contributed by atoms with Crippen LogP contribution in [0.3, 0.4) is 0 Å². The molecule has 0 radical (unpaired) electrons. The van der Waals surface area contributed by atoms with Gasteiger partial charge in [0.05, 0.1) is 18.4 Å². The molecule has 2 rings (SSSR count). The Balaban J connectivity index is 2.19. The summed E-state index contributed by atoms with van der Waals surface area (Å²) in [4.78, 5) is 26.5. The van der Waals surface area contributed by atoms with Crippen LogP contribution in [0.2, 0.25) is 0 Å². The van der Waals surface area contributed by atoms with Crippen LogP contribution in [0.5, 0.6) is 0 Å². The Kier molecular flexibility index (Phi) is 4.32. The summed E-state index contributed by atoms with van der Waals surface area (Å²) in [6, 6.07) is 0. The van der Waals surface area contributed by atoms with Crippen molar-refractivity contribution in [2.45, 2.75) is 27.3 Å². The van der Waals surface area contributed by atoms with Gasteiger partial charge in [0.25, 0.3) is 5.56 Å². The first-order valence-electron chi connectivity index (χ1n) is 6.53. The van der Waals surface area contributed by atoms with Crippen LogP contribution >= 0.6 is 0 Å². The maximum absolute atomic E-state index is 11.7. The Morgan fingerprint density at radius 3 is 2.81 bits per heavy atom. The second kappa shape index (κ2) is 6.17. The van der Waals surface area contributed by atoms with E-state index in [0.29, 0.717) is 12.2 Å². The second-order valence-corrected chi connectivity index (χ2v) is 4.93. The lowest BCUT2D eigenvalue weighted by Crippen LogP contribution is -2.16. The third kappa shape index (κ3) is 3.88. The number of aromatic nitrogens is 4. The first-order valence-corrected chi connectivity index (χ1v) is 6.53. The molecule has 0 aliphatic carbocycles. The molecule has 2 heterocycles. The van der Waals surface area contributed by atoms with Gasteiger partial charge in [-0.25, -0.2) is 9.97 Å². The average Bonchev–Trinajstić information content (AvgIpc) is 2.43. The maximum atomic E-state index is 11.7. The van der Waals surface area contributed by atoms with E-state index >= 15 is 0 Å². The van der Waals surface area contributed by atoms with E-state index in [1.807, 2.05) is 32.9 Å². The zero-order valence-electron chi connectivity index (χ0n) is 12.3. The standard InChI is InChI=1S/C14H18N6O/c1-8(2)4-5-9(3)16-6-10-7-17-12-11(18-10)13(21)20-14(15)19-12/h4-5,7,16H,6H2,1-3H3,(H3,15,17,19,20,21)/b9-5+. The summed E-state index contributed by atoms with van der Waals surface area (Å²) < 4.78 is 0. The minimum atomic E-state index is -0.386. The molecule has 0 unspecified atom stereocenters. The molecule has 0 atom stereocenters. The Labute approximate surface area is 122 Å². The van der Waals surface area contributed by atoms with E-state index in [-0.39, 0.29) is 22.7 Å². The van der Waals surface area contributed by atoms with Crippen molar-refractivity contribution in [2.75, 3.05) is 5.73 Å². The van der Waals surface area contributed by atoms with E-state index in [2.05, 4.69) is 25.3 Å². The quantitative estimate of drug-likeness (QED) is 0.730. The fourth-order valence-electron chi connectivity index (χ4n) is 1.64. The molecule has 0 aliphatic heterocycles. The zero-order chi connectivity index (χ0) is 15.4. The van der Waals surface area contributed by atoms with Crippen LogP contribution in [0.4, 0.5) is 5.95 Å². The monoisotopic (exact) mass is 286 g/mol. The molecule has 0 spiro atoms. The molecule has 0 saturated carbocycles. The van der Waals surface area contributed by atoms with Gasteiger partial charge in [0.1, 0.15) is 0 Å². The molecule has 7 nitrogen and oxygen atoms in total. The van der Waals surface area contributed by atoms with Gasteiger partial charge >= 0.3 is 0 Å². The highest BCUT2D eigenvalue weighted by molar-refractivity contribution is 5.69. The first-order chi connectivity index (χ1) is 9.95. The smallest absolute Gasteiger partial charge is 0.280 e. The van der Waals surface area contributed by atoms with Crippen molar-refractivity contribution in [3.8, 4) is 0 Å². The summed E-state index contributed by atoms with van der Waals surface area (Å²) in [5.74, 6) is 0.0353. The highest BCUT2D eigenvalue weighted by Crippen LogP contribution is 2.03. The Morgan fingerprint density at radius 1 is 1.33 bits per heavy atom. The van der Waals surface area contributed by atoms with Gasteiger partial charge in [-0.2, -0.15) is 4.98 Å². The van der Waals surface area contributed by atoms with Gasteiger partial charge < -0.3 is 11.1 Å². The normalized spacial score (nSPS) is 11.5. The number of nitrogens with zero attached hydrogens (tertiary/aromatic N) is 3. The fourth-order valence-corrected chi connectivity index (χ4v) is 1.64. The molecule has 0 aromatic carbocycles. The van der Waals surface area contributed by atoms with Gasteiger partial charge in [-0.15, -0.1) is 0 Å². The average molecular weight is 286 g/mol. The molecule has 21 heavy (non-hydrogen) atoms. The molecule has 0 aliphatic rings. The largest absolute Gasteiger partial charge is 0.383 e. The van der Waals surface area contributed by atoms with Crippen LogP contribution in [0, 0.1) is 0 Å². The van der Waals surface area contributed by atoms with Gasteiger partial charge in [0.2, 0.25) is 5.95 Å². The number of rotatable bonds is 4. The van der Waals surface area contributed by atoms with Gasteiger partial charge in [-0.3, -0.25) is 9.78 Å². The van der Waals surface area contributed by atoms with Crippen LogP contribution in [-0.4, -0.2) is 19.9 Å². The van der Waals surface area contributed by atoms with Crippen molar-refractivity contribution in [3.05, 3.63) is 45.7 Å². The predicted molar refractivity (Wildman–Crippen MR) is 82.4 cm³/mol. The van der Waals surface area contributed by atoms with Crippen molar-refractivity contribution in [3.63, 3.8) is 0 Å². The lowest BCUT2D eigenvalue weighted by molar-refractivity contribution is 0.785. The second-order valence-electron chi connectivity index (χ2n) is 4.93. The molecule has 110 valence electrons. The Bertz CT molecular complexity index is 771. The topological polar surface area (TPSA) is 110 Å². The molecule has 2 aromatic heterocycles. The van der Waals surface area contributed by atoms with Crippen LogP contribution in [-0.2, 0) is 6.54 Å². The summed E-state index contributed by atoms with van der Waals surface area (Å²) in [6.45, 7) is 6.50. The van der Waals surface area contributed by atoms with Crippen molar-refractivity contribution in [1.82, 2.24) is 25.3 Å². The molecule has 0 bridgehead atoms. The summed E-state index contributed by atoms with van der Waals surface area (Å²) in [7, 11) is 0. The van der Waals surface area contributed by atoms with E-state index in [1.165, 1.54) is 5.57 Å². The van der Waals surface area contributed by atoms with Crippen LogP contribution in [0.15, 0.2) is 34.4 Å². The molecule has 7 heteroatoms. The minimum absolute atomic E-state index is 0.0353. The van der Waals surface area contributed by atoms with Crippen molar-refractivity contribution >= 4 is 17.1 Å². The first kappa shape index (κ1) is 14.7.